The fourth-order valence-corrected chi connectivity index (χ4v) is 6.03. The van der Waals surface area contributed by atoms with Gasteiger partial charge in [-0.05, 0) is 91.0 Å². The van der Waals surface area contributed by atoms with Gasteiger partial charge >= 0.3 is 0 Å². The lowest BCUT2D eigenvalue weighted by Gasteiger charge is -2.11. The molecule has 0 saturated carbocycles. The van der Waals surface area contributed by atoms with Gasteiger partial charge in [0.1, 0.15) is 17.2 Å². The third-order valence-electron chi connectivity index (χ3n) is 4.74. The molecule has 0 saturated heterocycles. The highest BCUT2D eigenvalue weighted by molar-refractivity contribution is 8.01. The Bertz CT molecular complexity index is 1010. The molecule has 4 aromatic rings. The van der Waals surface area contributed by atoms with Crippen LogP contribution in [0.25, 0.3) is 0 Å². The van der Waals surface area contributed by atoms with Crippen LogP contribution in [-0.2, 0) is 0 Å². The number of hydrogen-bond acceptors (Lipinski definition) is 6. The monoisotopic (exact) mass is 492 g/mol. The van der Waals surface area contributed by atoms with E-state index in [1.165, 1.54) is 29.4 Å². The van der Waals surface area contributed by atoms with E-state index in [0.29, 0.717) is 0 Å². The minimum atomic E-state index is 0.860. The Morgan fingerprint density at radius 3 is 0.818 bits per heavy atom. The average Bonchev–Trinajstić information content (AvgIpc) is 2.85. The van der Waals surface area contributed by atoms with Crippen molar-refractivity contribution < 1.29 is 14.2 Å². The first-order chi connectivity index (χ1) is 16.1. The first-order valence-corrected chi connectivity index (χ1v) is 12.7. The van der Waals surface area contributed by atoms with E-state index in [1.54, 1.807) is 56.6 Å². The number of hydrogen-bond donors (Lipinski definition) is 0. The van der Waals surface area contributed by atoms with E-state index >= 15 is 0 Å². The molecule has 0 aromatic heterocycles. The van der Waals surface area contributed by atoms with Crippen molar-refractivity contribution in [1.29, 1.82) is 0 Å². The van der Waals surface area contributed by atoms with Gasteiger partial charge in [-0.15, -0.1) is 0 Å². The van der Waals surface area contributed by atoms with Crippen molar-refractivity contribution in [2.75, 3.05) is 21.3 Å². The molecule has 0 spiro atoms. The van der Waals surface area contributed by atoms with Crippen LogP contribution in [0, 0.1) is 0 Å². The van der Waals surface area contributed by atoms with Gasteiger partial charge in [-0.2, -0.15) is 0 Å². The van der Waals surface area contributed by atoms with Gasteiger partial charge in [-0.1, -0.05) is 35.3 Å². The summed E-state index contributed by atoms with van der Waals surface area (Å²) in [5, 5.41) is 0. The Hall–Kier alpha value is -2.67. The molecule has 33 heavy (non-hydrogen) atoms. The maximum atomic E-state index is 5.29. The van der Waals surface area contributed by atoms with Crippen molar-refractivity contribution in [3.63, 3.8) is 0 Å². The van der Waals surface area contributed by atoms with Crippen LogP contribution < -0.4 is 14.2 Å². The Morgan fingerprint density at radius 2 is 0.606 bits per heavy atom. The first-order valence-electron chi connectivity index (χ1n) is 10.3. The zero-order chi connectivity index (χ0) is 23.0. The lowest BCUT2D eigenvalue weighted by atomic mass is 10.3. The molecular weight excluding hydrogens is 468 g/mol. The molecule has 0 radical (unpaired) electrons. The summed E-state index contributed by atoms with van der Waals surface area (Å²) in [5.74, 6) is 2.58. The highest BCUT2D eigenvalue weighted by Gasteiger charge is 2.08. The van der Waals surface area contributed by atoms with E-state index in [1.807, 2.05) is 36.4 Å². The summed E-state index contributed by atoms with van der Waals surface area (Å²) in [5.41, 5.74) is 0. The standard InChI is InChI=1S/C27H24O3S3/c1-28-19-4-10-22(11-5-19)31-25-16-26(32-23-12-6-20(29-2)7-13-23)18-27(17-25)33-24-14-8-21(30-3)9-15-24/h4-18H,1-3H3. The molecule has 0 aliphatic carbocycles. The molecule has 3 nitrogen and oxygen atoms in total. The fraction of sp³-hybridized carbons (Fsp3) is 0.111. The average molecular weight is 493 g/mol. The number of ether oxygens (including phenoxy) is 3. The summed E-state index contributed by atoms with van der Waals surface area (Å²) in [6.45, 7) is 0. The van der Waals surface area contributed by atoms with E-state index in [4.69, 9.17) is 14.2 Å². The Labute approximate surface area is 207 Å². The normalized spacial score (nSPS) is 10.6. The zero-order valence-electron chi connectivity index (χ0n) is 18.6. The zero-order valence-corrected chi connectivity index (χ0v) is 21.1. The highest BCUT2D eigenvalue weighted by atomic mass is 32.2. The molecule has 0 aliphatic rings. The molecule has 0 heterocycles. The minimum absolute atomic E-state index is 0.860. The number of methoxy groups -OCH3 is 3. The van der Waals surface area contributed by atoms with Crippen LogP contribution in [0.5, 0.6) is 17.2 Å². The van der Waals surface area contributed by atoms with Crippen LogP contribution in [-0.4, -0.2) is 21.3 Å². The minimum Gasteiger partial charge on any atom is -0.497 e. The number of benzene rings is 4. The van der Waals surface area contributed by atoms with Crippen LogP contribution in [0.15, 0.2) is 120 Å². The molecule has 4 aromatic carbocycles. The van der Waals surface area contributed by atoms with Gasteiger partial charge in [0.05, 0.1) is 21.3 Å². The predicted molar refractivity (Wildman–Crippen MR) is 138 cm³/mol. The predicted octanol–water partition coefficient (Wildman–Crippen LogP) is 8.17. The highest BCUT2D eigenvalue weighted by Crippen LogP contribution is 2.40. The second-order valence-electron chi connectivity index (χ2n) is 6.97. The maximum Gasteiger partial charge on any atom is 0.118 e. The summed E-state index contributed by atoms with van der Waals surface area (Å²) in [7, 11) is 5.06. The summed E-state index contributed by atoms with van der Waals surface area (Å²) in [4.78, 5) is 7.08. The molecule has 168 valence electrons. The van der Waals surface area contributed by atoms with Crippen LogP contribution in [0.1, 0.15) is 0 Å². The van der Waals surface area contributed by atoms with Gasteiger partial charge in [0.25, 0.3) is 0 Å². The second-order valence-corrected chi connectivity index (χ2v) is 10.4. The quantitative estimate of drug-likeness (QED) is 0.234. The van der Waals surface area contributed by atoms with Crippen LogP contribution >= 0.6 is 35.3 Å². The summed E-state index contributed by atoms with van der Waals surface area (Å²) in [6, 6.07) is 31.2. The summed E-state index contributed by atoms with van der Waals surface area (Å²) < 4.78 is 15.9. The van der Waals surface area contributed by atoms with Gasteiger partial charge in [-0.25, -0.2) is 0 Å². The summed E-state index contributed by atoms with van der Waals surface area (Å²) >= 11 is 5.24. The molecule has 0 amide bonds. The van der Waals surface area contributed by atoms with Crippen molar-refractivity contribution in [2.45, 2.75) is 29.4 Å². The van der Waals surface area contributed by atoms with Gasteiger partial charge in [-0.3, -0.25) is 0 Å². The molecule has 6 heteroatoms. The Balaban J connectivity index is 1.61. The van der Waals surface area contributed by atoms with Gasteiger partial charge in [0, 0.05) is 29.4 Å². The summed E-state index contributed by atoms with van der Waals surface area (Å²) in [6.07, 6.45) is 0. The largest absolute Gasteiger partial charge is 0.497 e. The molecule has 0 aliphatic heterocycles. The van der Waals surface area contributed by atoms with E-state index in [-0.39, 0.29) is 0 Å². The van der Waals surface area contributed by atoms with Crippen molar-refractivity contribution in [3.05, 3.63) is 91.0 Å². The Morgan fingerprint density at radius 1 is 0.364 bits per heavy atom. The van der Waals surface area contributed by atoms with Gasteiger partial charge in [0.2, 0.25) is 0 Å². The van der Waals surface area contributed by atoms with Crippen molar-refractivity contribution in [2.24, 2.45) is 0 Å². The SMILES string of the molecule is COc1ccc(Sc2cc(Sc3ccc(OC)cc3)cc(Sc3ccc(OC)cc3)c2)cc1. The second kappa shape index (κ2) is 11.5. The fourth-order valence-electron chi connectivity index (χ4n) is 3.06. The van der Waals surface area contributed by atoms with Crippen molar-refractivity contribution in [3.8, 4) is 17.2 Å². The molecule has 0 fully saturated rings. The Kier molecular flexibility index (Phi) is 8.15. The molecule has 0 unspecified atom stereocenters. The topological polar surface area (TPSA) is 27.7 Å². The van der Waals surface area contributed by atoms with Crippen molar-refractivity contribution >= 4 is 35.3 Å². The van der Waals surface area contributed by atoms with Crippen molar-refractivity contribution in [1.82, 2.24) is 0 Å². The maximum absolute atomic E-state index is 5.29. The lowest BCUT2D eigenvalue weighted by Crippen LogP contribution is -1.84. The number of rotatable bonds is 9. The van der Waals surface area contributed by atoms with Crippen LogP contribution in [0.2, 0.25) is 0 Å². The first kappa shape index (κ1) is 23.5. The van der Waals surface area contributed by atoms with Gasteiger partial charge < -0.3 is 14.2 Å². The van der Waals surface area contributed by atoms with Crippen LogP contribution in [0.4, 0.5) is 0 Å². The smallest absolute Gasteiger partial charge is 0.118 e. The molecular formula is C27H24O3S3. The van der Waals surface area contributed by atoms with E-state index in [2.05, 4.69) is 54.6 Å². The third-order valence-corrected chi connectivity index (χ3v) is 7.68. The molecule has 0 bridgehead atoms. The van der Waals surface area contributed by atoms with Crippen LogP contribution in [0.3, 0.4) is 0 Å². The van der Waals surface area contributed by atoms with E-state index in [9.17, 15) is 0 Å². The lowest BCUT2D eigenvalue weighted by molar-refractivity contribution is 0.414. The van der Waals surface area contributed by atoms with E-state index < -0.39 is 0 Å². The van der Waals surface area contributed by atoms with Gasteiger partial charge in [0.15, 0.2) is 0 Å². The molecule has 0 atom stereocenters. The molecule has 0 N–H and O–H groups in total. The van der Waals surface area contributed by atoms with E-state index in [0.717, 1.165) is 17.2 Å². The molecule has 4 rings (SSSR count). The third kappa shape index (κ3) is 6.67.